The number of nitrogens with one attached hydrogen (secondary N) is 1. The summed E-state index contributed by atoms with van der Waals surface area (Å²) in [6.45, 7) is 4.21. The van der Waals surface area contributed by atoms with Crippen LogP contribution >= 0.6 is 0 Å². The summed E-state index contributed by atoms with van der Waals surface area (Å²) in [7, 11) is 0. The number of aromatic nitrogens is 3. The van der Waals surface area contributed by atoms with Gasteiger partial charge in [0, 0.05) is 11.9 Å². The zero-order valence-electron chi connectivity index (χ0n) is 9.97. The van der Waals surface area contributed by atoms with E-state index < -0.39 is 0 Å². The largest absolute Gasteiger partial charge is 0.340 e. The molecule has 0 saturated carbocycles. The van der Waals surface area contributed by atoms with E-state index in [9.17, 15) is 4.79 Å². The van der Waals surface area contributed by atoms with Gasteiger partial charge in [-0.1, -0.05) is 19.9 Å². The third-order valence-corrected chi connectivity index (χ3v) is 2.44. The molecule has 0 aromatic carbocycles. The monoisotopic (exact) mass is 229 g/mol. The zero-order chi connectivity index (χ0) is 12.3. The van der Waals surface area contributed by atoms with Crippen LogP contribution in [0.2, 0.25) is 0 Å². The molecule has 2 aromatic heterocycles. The van der Waals surface area contributed by atoms with Gasteiger partial charge in [-0.3, -0.25) is 9.78 Å². The van der Waals surface area contributed by atoms with E-state index in [1.54, 1.807) is 6.20 Å². The van der Waals surface area contributed by atoms with Crippen LogP contribution in [-0.2, 0) is 6.42 Å². The van der Waals surface area contributed by atoms with Crippen molar-refractivity contribution in [3.8, 4) is 11.5 Å². The number of aldehydes is 1. The van der Waals surface area contributed by atoms with Crippen LogP contribution in [-0.4, -0.2) is 21.2 Å². The highest BCUT2D eigenvalue weighted by Crippen LogP contribution is 2.17. The van der Waals surface area contributed by atoms with Crippen molar-refractivity contribution in [3.63, 3.8) is 0 Å². The molecule has 17 heavy (non-hydrogen) atoms. The predicted octanol–water partition coefficient (Wildman–Crippen LogP) is 2.48. The van der Waals surface area contributed by atoms with Crippen LogP contribution in [0.1, 0.15) is 30.0 Å². The minimum Gasteiger partial charge on any atom is -0.340 e. The van der Waals surface area contributed by atoms with E-state index in [0.717, 1.165) is 24.1 Å². The van der Waals surface area contributed by atoms with Gasteiger partial charge < -0.3 is 4.98 Å². The molecular weight excluding hydrogens is 214 g/mol. The number of imidazole rings is 1. The molecule has 1 N–H and O–H groups in total. The highest BCUT2D eigenvalue weighted by atomic mass is 16.1. The summed E-state index contributed by atoms with van der Waals surface area (Å²) in [5.74, 6) is 1.13. The van der Waals surface area contributed by atoms with Crippen molar-refractivity contribution in [3.05, 3.63) is 35.8 Å². The lowest BCUT2D eigenvalue weighted by Crippen LogP contribution is -1.98. The second kappa shape index (κ2) is 4.91. The summed E-state index contributed by atoms with van der Waals surface area (Å²) < 4.78 is 0. The van der Waals surface area contributed by atoms with E-state index in [1.165, 1.54) is 0 Å². The van der Waals surface area contributed by atoms with Gasteiger partial charge in [-0.25, -0.2) is 4.98 Å². The molecule has 0 aliphatic rings. The molecule has 0 atom stereocenters. The number of carbonyl (C=O) groups excluding carboxylic acids is 1. The number of hydrogen-bond acceptors (Lipinski definition) is 3. The first-order valence-corrected chi connectivity index (χ1v) is 5.66. The first kappa shape index (κ1) is 11.5. The number of carbonyl (C=O) groups is 1. The first-order chi connectivity index (χ1) is 8.20. The third-order valence-electron chi connectivity index (χ3n) is 2.44. The minimum atomic E-state index is 0.478. The van der Waals surface area contributed by atoms with Crippen molar-refractivity contribution < 1.29 is 4.79 Å². The van der Waals surface area contributed by atoms with Gasteiger partial charge in [-0.15, -0.1) is 0 Å². The van der Waals surface area contributed by atoms with Gasteiger partial charge in [0.25, 0.3) is 0 Å². The highest BCUT2D eigenvalue weighted by molar-refractivity contribution is 5.75. The molecule has 88 valence electrons. The highest BCUT2D eigenvalue weighted by Gasteiger charge is 2.12. The van der Waals surface area contributed by atoms with E-state index in [0.29, 0.717) is 17.4 Å². The van der Waals surface area contributed by atoms with Crippen LogP contribution in [0.4, 0.5) is 0 Å². The van der Waals surface area contributed by atoms with Crippen LogP contribution < -0.4 is 0 Å². The van der Waals surface area contributed by atoms with Gasteiger partial charge in [-0.2, -0.15) is 0 Å². The molecule has 0 fully saturated rings. The smallest absolute Gasteiger partial charge is 0.170 e. The Hall–Kier alpha value is -1.97. The van der Waals surface area contributed by atoms with E-state index in [2.05, 4.69) is 28.8 Å². The van der Waals surface area contributed by atoms with Gasteiger partial charge in [0.05, 0.1) is 0 Å². The molecule has 0 spiro atoms. The molecule has 0 amide bonds. The molecule has 2 heterocycles. The van der Waals surface area contributed by atoms with Crippen molar-refractivity contribution >= 4 is 6.29 Å². The summed E-state index contributed by atoms with van der Waals surface area (Å²) in [6.07, 6.45) is 3.31. The predicted molar refractivity (Wildman–Crippen MR) is 65.7 cm³/mol. The standard InChI is InChI=1S/C13H15N3O/c1-9(2)7-11-12(8-17)16-13(15-11)10-5-3-4-6-14-10/h3-6,8-9H,7H2,1-2H3,(H,15,16). The second-order valence-corrected chi connectivity index (χ2v) is 4.38. The molecular formula is C13H15N3O. The van der Waals surface area contributed by atoms with Crippen molar-refractivity contribution in [1.29, 1.82) is 0 Å². The number of nitrogens with zero attached hydrogens (tertiary/aromatic N) is 2. The van der Waals surface area contributed by atoms with Gasteiger partial charge >= 0.3 is 0 Å². The number of hydrogen-bond donors (Lipinski definition) is 1. The average Bonchev–Trinajstić information content (AvgIpc) is 2.72. The lowest BCUT2D eigenvalue weighted by atomic mass is 10.1. The Bertz CT molecular complexity index is 503. The summed E-state index contributed by atoms with van der Waals surface area (Å²) in [5, 5.41) is 0. The van der Waals surface area contributed by atoms with E-state index in [1.807, 2.05) is 18.2 Å². The summed E-state index contributed by atoms with van der Waals surface area (Å²) in [5.41, 5.74) is 2.13. The summed E-state index contributed by atoms with van der Waals surface area (Å²) >= 11 is 0. The molecule has 0 aliphatic carbocycles. The molecule has 4 nitrogen and oxygen atoms in total. The molecule has 0 saturated heterocycles. The maximum Gasteiger partial charge on any atom is 0.170 e. The summed E-state index contributed by atoms with van der Waals surface area (Å²) in [4.78, 5) is 22.6. The van der Waals surface area contributed by atoms with E-state index >= 15 is 0 Å². The van der Waals surface area contributed by atoms with Crippen LogP contribution in [0, 0.1) is 5.92 Å². The summed E-state index contributed by atoms with van der Waals surface area (Å²) in [6, 6.07) is 5.61. The fraction of sp³-hybridized carbons (Fsp3) is 0.308. The van der Waals surface area contributed by atoms with Crippen LogP contribution in [0.15, 0.2) is 24.4 Å². The molecule has 0 aliphatic heterocycles. The van der Waals surface area contributed by atoms with Crippen LogP contribution in [0.5, 0.6) is 0 Å². The fourth-order valence-corrected chi connectivity index (χ4v) is 1.71. The van der Waals surface area contributed by atoms with Gasteiger partial charge in [-0.05, 0) is 24.5 Å². The molecule has 4 heteroatoms. The quantitative estimate of drug-likeness (QED) is 0.819. The first-order valence-electron chi connectivity index (χ1n) is 5.66. The lowest BCUT2D eigenvalue weighted by molar-refractivity contribution is 0.111. The van der Waals surface area contributed by atoms with Crippen molar-refractivity contribution in [2.45, 2.75) is 20.3 Å². The SMILES string of the molecule is CC(C)Cc1[nH]c(-c2ccccn2)nc1C=O. The van der Waals surface area contributed by atoms with Crippen molar-refractivity contribution in [1.82, 2.24) is 15.0 Å². The molecule has 2 aromatic rings. The Labute approximate surface area is 100 Å². The number of H-pyrrole nitrogens is 1. The average molecular weight is 229 g/mol. The lowest BCUT2D eigenvalue weighted by Gasteiger charge is -2.01. The maximum absolute atomic E-state index is 11.0. The second-order valence-electron chi connectivity index (χ2n) is 4.38. The Morgan fingerprint density at radius 3 is 2.82 bits per heavy atom. The Balaban J connectivity index is 2.37. The number of pyridine rings is 1. The topological polar surface area (TPSA) is 58.6 Å². The third kappa shape index (κ3) is 2.58. The Morgan fingerprint density at radius 2 is 2.24 bits per heavy atom. The van der Waals surface area contributed by atoms with E-state index in [-0.39, 0.29) is 0 Å². The Kier molecular flexibility index (Phi) is 3.32. The molecule has 2 rings (SSSR count). The Morgan fingerprint density at radius 1 is 1.41 bits per heavy atom. The van der Waals surface area contributed by atoms with Crippen LogP contribution in [0.25, 0.3) is 11.5 Å². The molecule has 0 unspecified atom stereocenters. The van der Waals surface area contributed by atoms with Crippen molar-refractivity contribution in [2.75, 3.05) is 0 Å². The minimum absolute atomic E-state index is 0.478. The fourth-order valence-electron chi connectivity index (χ4n) is 1.71. The molecule has 0 bridgehead atoms. The van der Waals surface area contributed by atoms with Gasteiger partial charge in [0.15, 0.2) is 12.1 Å². The van der Waals surface area contributed by atoms with Gasteiger partial charge in [0.2, 0.25) is 0 Å². The molecule has 0 radical (unpaired) electrons. The van der Waals surface area contributed by atoms with Crippen LogP contribution in [0.3, 0.4) is 0 Å². The van der Waals surface area contributed by atoms with Gasteiger partial charge in [0.1, 0.15) is 11.4 Å². The zero-order valence-corrected chi connectivity index (χ0v) is 9.97. The number of rotatable bonds is 4. The maximum atomic E-state index is 11.0. The normalized spacial score (nSPS) is 10.8. The van der Waals surface area contributed by atoms with E-state index in [4.69, 9.17) is 0 Å². The number of aromatic amines is 1. The van der Waals surface area contributed by atoms with Crippen molar-refractivity contribution in [2.24, 2.45) is 5.92 Å².